The molecule has 0 aliphatic carbocycles. The van der Waals surface area contributed by atoms with Crippen molar-refractivity contribution in [2.75, 3.05) is 7.05 Å². The first-order chi connectivity index (χ1) is 8.01. The van der Waals surface area contributed by atoms with E-state index in [9.17, 15) is 0 Å². The molecule has 0 fully saturated rings. The summed E-state index contributed by atoms with van der Waals surface area (Å²) < 4.78 is 0. The average Bonchev–Trinajstić information content (AvgIpc) is 2.22. The average molecular weight is 233 g/mol. The summed E-state index contributed by atoms with van der Waals surface area (Å²) in [5.74, 6) is 0.690. The zero-order valence-electron chi connectivity index (χ0n) is 11.1. The minimum absolute atomic E-state index is 0.690. The molecule has 0 radical (unpaired) electrons. The number of rotatable bonds is 8. The van der Waals surface area contributed by atoms with Crippen LogP contribution in [0.3, 0.4) is 0 Å². The summed E-state index contributed by atoms with van der Waals surface area (Å²) in [6.07, 6.45) is 8.66. The summed E-state index contributed by atoms with van der Waals surface area (Å²) in [5, 5.41) is 4.92. The Morgan fingerprint density at radius 2 is 2.00 bits per heavy atom. The zero-order valence-corrected chi connectivity index (χ0v) is 11.1. The topological polar surface area (TPSA) is 27.3 Å². The number of nitrogens with zero attached hydrogens (tertiary/aromatic N) is 1. The molecule has 0 rings (SSSR count). The first kappa shape index (κ1) is 15.1. The highest BCUT2D eigenvalue weighted by Gasteiger charge is 2.02. The Hall–Kier alpha value is -1.90. The van der Waals surface area contributed by atoms with Crippen molar-refractivity contribution >= 4 is 0 Å². The number of nitrogens with one attached hydrogen (secondary N) is 2. The van der Waals surface area contributed by atoms with Crippen molar-refractivity contribution < 1.29 is 0 Å². The molecular formula is C14H23N3. The molecule has 0 aromatic carbocycles. The molecule has 0 atom stereocenters. The lowest BCUT2D eigenvalue weighted by molar-refractivity contribution is 0.323. The second kappa shape index (κ2) is 8.28. The van der Waals surface area contributed by atoms with Crippen molar-refractivity contribution in [3.8, 4) is 0 Å². The second-order valence-corrected chi connectivity index (χ2v) is 3.73. The molecule has 17 heavy (non-hydrogen) atoms. The fraction of sp³-hybridized carbons (Fsp3) is 0.286. The van der Waals surface area contributed by atoms with Crippen LogP contribution in [0.15, 0.2) is 61.3 Å². The Morgan fingerprint density at radius 3 is 2.47 bits per heavy atom. The lowest BCUT2D eigenvalue weighted by Gasteiger charge is -2.25. The van der Waals surface area contributed by atoms with Crippen LogP contribution in [0.5, 0.6) is 0 Å². The third-order valence-electron chi connectivity index (χ3n) is 1.93. The van der Waals surface area contributed by atoms with Gasteiger partial charge in [0.15, 0.2) is 0 Å². The third kappa shape index (κ3) is 7.06. The van der Waals surface area contributed by atoms with E-state index >= 15 is 0 Å². The van der Waals surface area contributed by atoms with E-state index in [2.05, 4.69) is 30.5 Å². The maximum absolute atomic E-state index is 3.86. The molecule has 0 aromatic rings. The molecule has 0 aliphatic rings. The van der Waals surface area contributed by atoms with Crippen LogP contribution in [0, 0.1) is 0 Å². The van der Waals surface area contributed by atoms with E-state index in [0.717, 1.165) is 17.8 Å². The van der Waals surface area contributed by atoms with E-state index in [-0.39, 0.29) is 0 Å². The van der Waals surface area contributed by atoms with Crippen LogP contribution in [0.25, 0.3) is 0 Å². The van der Waals surface area contributed by atoms with E-state index in [1.54, 1.807) is 0 Å². The Kier molecular flexibility index (Phi) is 7.35. The van der Waals surface area contributed by atoms with Gasteiger partial charge in [-0.1, -0.05) is 31.4 Å². The van der Waals surface area contributed by atoms with E-state index in [1.807, 2.05) is 50.2 Å². The van der Waals surface area contributed by atoms with E-state index in [1.165, 1.54) is 0 Å². The molecule has 0 spiro atoms. The fourth-order valence-electron chi connectivity index (χ4n) is 1.23. The lowest BCUT2D eigenvalue weighted by Crippen LogP contribution is -2.37. The highest BCUT2D eigenvalue weighted by Crippen LogP contribution is 2.06. The van der Waals surface area contributed by atoms with Gasteiger partial charge in [0, 0.05) is 24.9 Å². The van der Waals surface area contributed by atoms with E-state index in [0.29, 0.717) is 5.82 Å². The predicted molar refractivity (Wildman–Crippen MR) is 75.7 cm³/mol. The van der Waals surface area contributed by atoms with Crippen LogP contribution in [0.2, 0.25) is 0 Å². The quantitative estimate of drug-likeness (QED) is 0.383. The third-order valence-corrected chi connectivity index (χ3v) is 1.93. The molecule has 0 aromatic heterocycles. The summed E-state index contributed by atoms with van der Waals surface area (Å²) in [5.41, 5.74) is 5.07. The van der Waals surface area contributed by atoms with Gasteiger partial charge in [0.05, 0.1) is 0 Å². The van der Waals surface area contributed by atoms with Crippen LogP contribution < -0.4 is 10.7 Å². The van der Waals surface area contributed by atoms with Crippen LogP contribution in [0.4, 0.5) is 0 Å². The smallest absolute Gasteiger partial charge is 0.114 e. The van der Waals surface area contributed by atoms with E-state index < -0.39 is 0 Å². The van der Waals surface area contributed by atoms with Gasteiger partial charge in [-0.25, -0.2) is 0 Å². The predicted octanol–water partition coefficient (Wildman–Crippen LogP) is 3.05. The first-order valence-electron chi connectivity index (χ1n) is 5.55. The molecule has 3 heteroatoms. The summed E-state index contributed by atoms with van der Waals surface area (Å²) >= 11 is 0. The fourth-order valence-corrected chi connectivity index (χ4v) is 1.23. The van der Waals surface area contributed by atoms with Gasteiger partial charge < -0.3 is 5.32 Å². The Labute approximate surface area is 105 Å². The van der Waals surface area contributed by atoms with Crippen molar-refractivity contribution in [3.63, 3.8) is 0 Å². The molecule has 0 unspecified atom stereocenters. The number of hydrogen-bond donors (Lipinski definition) is 2. The maximum Gasteiger partial charge on any atom is 0.114 e. The zero-order chi connectivity index (χ0) is 13.3. The molecule has 0 bridgehead atoms. The molecule has 0 amide bonds. The summed E-state index contributed by atoms with van der Waals surface area (Å²) in [6, 6.07) is 0. The maximum atomic E-state index is 3.86. The van der Waals surface area contributed by atoms with Crippen LogP contribution >= 0.6 is 0 Å². The number of hydrazine groups is 1. The first-order valence-corrected chi connectivity index (χ1v) is 5.55. The van der Waals surface area contributed by atoms with Gasteiger partial charge >= 0.3 is 0 Å². The molecule has 0 saturated carbocycles. The van der Waals surface area contributed by atoms with Gasteiger partial charge in [-0.2, -0.15) is 0 Å². The number of allylic oxidation sites excluding steroid dienone is 5. The van der Waals surface area contributed by atoms with Crippen molar-refractivity contribution in [3.05, 3.63) is 61.3 Å². The van der Waals surface area contributed by atoms with Crippen LogP contribution in [-0.4, -0.2) is 12.1 Å². The second-order valence-electron chi connectivity index (χ2n) is 3.73. The highest BCUT2D eigenvalue weighted by atomic mass is 15.5. The van der Waals surface area contributed by atoms with Gasteiger partial charge in [0.1, 0.15) is 5.82 Å². The van der Waals surface area contributed by atoms with Crippen LogP contribution in [0.1, 0.15) is 20.3 Å². The molecule has 94 valence electrons. The minimum atomic E-state index is 0.690. The van der Waals surface area contributed by atoms with Crippen molar-refractivity contribution in [2.45, 2.75) is 20.3 Å². The van der Waals surface area contributed by atoms with Gasteiger partial charge in [-0.05, 0) is 19.9 Å². The van der Waals surface area contributed by atoms with Gasteiger partial charge in [0.25, 0.3) is 0 Å². The Morgan fingerprint density at radius 1 is 1.35 bits per heavy atom. The summed E-state index contributed by atoms with van der Waals surface area (Å²) in [4.78, 5) is 0. The van der Waals surface area contributed by atoms with Crippen molar-refractivity contribution in [1.29, 1.82) is 0 Å². The van der Waals surface area contributed by atoms with Gasteiger partial charge in [-0.15, -0.1) is 6.58 Å². The SMILES string of the molecule is C=CC/C(=C\C=C/C)N(C)NC(=C)NC(=C)C. The molecule has 0 saturated heterocycles. The normalized spacial score (nSPS) is 11.1. The minimum Gasteiger partial charge on any atom is -0.346 e. The van der Waals surface area contributed by atoms with Crippen molar-refractivity contribution in [2.24, 2.45) is 0 Å². The molecule has 3 nitrogen and oxygen atoms in total. The molecule has 2 N–H and O–H groups in total. The summed E-state index contributed by atoms with van der Waals surface area (Å²) in [6.45, 7) is 15.2. The number of hydrogen-bond acceptors (Lipinski definition) is 3. The lowest BCUT2D eigenvalue weighted by atomic mass is 10.2. The van der Waals surface area contributed by atoms with E-state index in [4.69, 9.17) is 0 Å². The summed E-state index contributed by atoms with van der Waals surface area (Å²) in [7, 11) is 1.93. The monoisotopic (exact) mass is 233 g/mol. The Balaban J connectivity index is 4.51. The molecule has 0 aliphatic heterocycles. The largest absolute Gasteiger partial charge is 0.346 e. The van der Waals surface area contributed by atoms with Crippen molar-refractivity contribution in [1.82, 2.24) is 15.8 Å². The molecular weight excluding hydrogens is 210 g/mol. The highest BCUT2D eigenvalue weighted by molar-refractivity contribution is 5.14. The van der Waals surface area contributed by atoms with Gasteiger partial charge in [0.2, 0.25) is 0 Å². The van der Waals surface area contributed by atoms with Crippen LogP contribution in [-0.2, 0) is 0 Å². The standard InChI is InChI=1S/C14H23N3/c1-7-9-11-14(10-8-2)17(6)16-13(5)15-12(3)4/h7-9,11,15-16H,2-3,5,10H2,1,4,6H3/b9-7-,14-11+. The molecule has 0 heterocycles. The Bertz CT molecular complexity index is 337. The van der Waals surface area contributed by atoms with Gasteiger partial charge in [-0.3, -0.25) is 10.4 Å².